The lowest BCUT2D eigenvalue weighted by Gasteiger charge is -2.39. The molecule has 14 heavy (non-hydrogen) atoms. The summed E-state index contributed by atoms with van der Waals surface area (Å²) in [7, 11) is 0. The molecule has 0 unspecified atom stereocenters. The van der Waals surface area contributed by atoms with Gasteiger partial charge in [0.1, 0.15) is 4.88 Å². The predicted molar refractivity (Wildman–Crippen MR) is 58.1 cm³/mol. The number of carbonyl (C=O) groups is 1. The molecule has 1 fully saturated rings. The summed E-state index contributed by atoms with van der Waals surface area (Å²) in [5.74, 6) is -0.0750. The number of carbonyl (C=O) groups excluding carboxylic acids is 1. The summed E-state index contributed by atoms with van der Waals surface area (Å²) >= 11 is 7.23. The second-order valence-electron chi connectivity index (χ2n) is 3.72. The van der Waals surface area contributed by atoms with Gasteiger partial charge in [0.2, 0.25) is 0 Å². The van der Waals surface area contributed by atoms with Crippen molar-refractivity contribution in [2.24, 2.45) is 0 Å². The fraction of sp³-hybridized carbons (Fsp3) is 0.444. The SMILES string of the molecule is CC1(NC(=O)c2sccc2Cl)CNC1. The summed E-state index contributed by atoms with van der Waals surface area (Å²) in [5.41, 5.74) is -0.107. The van der Waals surface area contributed by atoms with Gasteiger partial charge in [-0.1, -0.05) is 11.6 Å². The van der Waals surface area contributed by atoms with Gasteiger partial charge in [-0.3, -0.25) is 4.79 Å². The molecule has 1 aromatic heterocycles. The second kappa shape index (κ2) is 3.53. The Morgan fingerprint density at radius 2 is 2.43 bits per heavy atom. The number of hydrogen-bond donors (Lipinski definition) is 2. The highest BCUT2D eigenvalue weighted by Gasteiger charge is 2.33. The van der Waals surface area contributed by atoms with E-state index in [2.05, 4.69) is 10.6 Å². The number of nitrogens with one attached hydrogen (secondary N) is 2. The first kappa shape index (κ1) is 9.96. The predicted octanol–water partition coefficient (Wildman–Crippen LogP) is 1.49. The van der Waals surface area contributed by atoms with Crippen LogP contribution < -0.4 is 10.6 Å². The molecule has 0 aliphatic carbocycles. The maximum Gasteiger partial charge on any atom is 0.263 e. The van der Waals surface area contributed by atoms with Crippen molar-refractivity contribution in [1.82, 2.24) is 10.6 Å². The maximum absolute atomic E-state index is 11.7. The smallest absolute Gasteiger partial charge is 0.263 e. The van der Waals surface area contributed by atoms with Crippen molar-refractivity contribution in [2.75, 3.05) is 13.1 Å². The van der Waals surface area contributed by atoms with Crippen LogP contribution in [0.5, 0.6) is 0 Å². The van der Waals surface area contributed by atoms with E-state index >= 15 is 0 Å². The molecule has 0 bridgehead atoms. The van der Waals surface area contributed by atoms with Crippen LogP contribution in [0.25, 0.3) is 0 Å². The molecule has 1 aliphatic heterocycles. The molecule has 76 valence electrons. The van der Waals surface area contributed by atoms with Gasteiger partial charge < -0.3 is 10.6 Å². The monoisotopic (exact) mass is 230 g/mol. The van der Waals surface area contributed by atoms with Gasteiger partial charge in [0.15, 0.2) is 0 Å². The van der Waals surface area contributed by atoms with Crippen LogP contribution in [-0.2, 0) is 0 Å². The van der Waals surface area contributed by atoms with E-state index in [4.69, 9.17) is 11.6 Å². The second-order valence-corrected chi connectivity index (χ2v) is 5.04. The van der Waals surface area contributed by atoms with Crippen LogP contribution in [0.2, 0.25) is 5.02 Å². The van der Waals surface area contributed by atoms with Crippen molar-refractivity contribution >= 4 is 28.8 Å². The van der Waals surface area contributed by atoms with E-state index in [-0.39, 0.29) is 11.4 Å². The highest BCUT2D eigenvalue weighted by molar-refractivity contribution is 7.12. The van der Waals surface area contributed by atoms with Crippen LogP contribution >= 0.6 is 22.9 Å². The van der Waals surface area contributed by atoms with E-state index in [0.717, 1.165) is 13.1 Å². The van der Waals surface area contributed by atoms with Crippen molar-refractivity contribution in [3.8, 4) is 0 Å². The van der Waals surface area contributed by atoms with Crippen molar-refractivity contribution in [3.63, 3.8) is 0 Å². The van der Waals surface area contributed by atoms with Gasteiger partial charge in [-0.25, -0.2) is 0 Å². The van der Waals surface area contributed by atoms with Gasteiger partial charge >= 0.3 is 0 Å². The van der Waals surface area contributed by atoms with Crippen LogP contribution in [0.4, 0.5) is 0 Å². The molecule has 1 saturated heterocycles. The molecule has 0 atom stereocenters. The molecule has 0 aromatic carbocycles. The number of hydrogen-bond acceptors (Lipinski definition) is 3. The molecular formula is C9H11ClN2OS. The van der Waals surface area contributed by atoms with Crippen LogP contribution in [0, 0.1) is 0 Å². The molecule has 1 amide bonds. The Hall–Kier alpha value is -0.580. The average molecular weight is 231 g/mol. The fourth-order valence-electron chi connectivity index (χ4n) is 1.37. The van der Waals surface area contributed by atoms with E-state index in [0.29, 0.717) is 9.90 Å². The Morgan fingerprint density at radius 3 is 2.86 bits per heavy atom. The Morgan fingerprint density at radius 1 is 1.71 bits per heavy atom. The molecular weight excluding hydrogens is 220 g/mol. The summed E-state index contributed by atoms with van der Waals surface area (Å²) in [5, 5.41) is 8.43. The van der Waals surface area contributed by atoms with Gasteiger partial charge in [-0.05, 0) is 18.4 Å². The molecule has 5 heteroatoms. The largest absolute Gasteiger partial charge is 0.344 e. The molecule has 2 heterocycles. The van der Waals surface area contributed by atoms with E-state index in [1.54, 1.807) is 6.07 Å². The Bertz CT molecular complexity index is 359. The third kappa shape index (κ3) is 1.78. The molecule has 0 saturated carbocycles. The van der Waals surface area contributed by atoms with E-state index in [1.807, 2.05) is 12.3 Å². The zero-order valence-corrected chi connectivity index (χ0v) is 9.34. The van der Waals surface area contributed by atoms with Crippen molar-refractivity contribution in [2.45, 2.75) is 12.5 Å². The summed E-state index contributed by atoms with van der Waals surface area (Å²) in [6.07, 6.45) is 0. The van der Waals surface area contributed by atoms with Gasteiger partial charge in [0, 0.05) is 13.1 Å². The lowest BCUT2D eigenvalue weighted by molar-refractivity contribution is 0.0876. The van der Waals surface area contributed by atoms with Gasteiger partial charge in [0.25, 0.3) is 5.91 Å². The summed E-state index contributed by atoms with van der Waals surface area (Å²) < 4.78 is 0. The first-order valence-electron chi connectivity index (χ1n) is 4.37. The van der Waals surface area contributed by atoms with Gasteiger partial charge in [0.05, 0.1) is 10.6 Å². The maximum atomic E-state index is 11.7. The fourth-order valence-corrected chi connectivity index (χ4v) is 2.41. The standard InChI is InChI=1S/C9H11ClN2OS/c1-9(4-11-5-9)12-8(13)7-6(10)2-3-14-7/h2-3,11H,4-5H2,1H3,(H,12,13). The van der Waals surface area contributed by atoms with Crippen molar-refractivity contribution in [3.05, 3.63) is 21.3 Å². The minimum Gasteiger partial charge on any atom is -0.344 e. The molecule has 0 spiro atoms. The van der Waals surface area contributed by atoms with E-state index in [9.17, 15) is 4.79 Å². The molecule has 0 radical (unpaired) electrons. The van der Waals surface area contributed by atoms with Gasteiger partial charge in [-0.15, -0.1) is 11.3 Å². The Balaban J connectivity index is 2.06. The lowest BCUT2D eigenvalue weighted by atomic mass is 9.95. The molecule has 1 aromatic rings. The number of thiophene rings is 1. The highest BCUT2D eigenvalue weighted by atomic mass is 35.5. The number of halogens is 1. The number of amides is 1. The topological polar surface area (TPSA) is 41.1 Å². The van der Waals surface area contributed by atoms with Gasteiger partial charge in [-0.2, -0.15) is 0 Å². The lowest BCUT2D eigenvalue weighted by Crippen LogP contribution is -2.67. The molecule has 2 N–H and O–H groups in total. The van der Waals surface area contributed by atoms with Crippen molar-refractivity contribution < 1.29 is 4.79 Å². The summed E-state index contributed by atoms with van der Waals surface area (Å²) in [6, 6.07) is 1.74. The quantitative estimate of drug-likeness (QED) is 0.809. The summed E-state index contributed by atoms with van der Waals surface area (Å²) in [4.78, 5) is 12.3. The highest BCUT2D eigenvalue weighted by Crippen LogP contribution is 2.22. The normalized spacial score (nSPS) is 18.7. The molecule has 2 rings (SSSR count). The first-order chi connectivity index (χ1) is 6.61. The van der Waals surface area contributed by atoms with Crippen LogP contribution in [-0.4, -0.2) is 24.5 Å². The minimum absolute atomic E-state index is 0.0750. The molecule has 1 aliphatic rings. The van der Waals surface area contributed by atoms with E-state index in [1.165, 1.54) is 11.3 Å². The van der Waals surface area contributed by atoms with E-state index < -0.39 is 0 Å². The first-order valence-corrected chi connectivity index (χ1v) is 5.63. The van der Waals surface area contributed by atoms with Crippen LogP contribution in [0.3, 0.4) is 0 Å². The zero-order chi connectivity index (χ0) is 10.2. The average Bonchev–Trinajstić information content (AvgIpc) is 2.48. The molecule has 3 nitrogen and oxygen atoms in total. The third-order valence-corrected chi connectivity index (χ3v) is 3.61. The Labute approximate surface area is 91.5 Å². The zero-order valence-electron chi connectivity index (χ0n) is 7.76. The minimum atomic E-state index is -0.107. The van der Waals surface area contributed by atoms with Crippen LogP contribution in [0.1, 0.15) is 16.6 Å². The summed E-state index contributed by atoms with van der Waals surface area (Å²) in [6.45, 7) is 3.66. The third-order valence-electron chi connectivity index (χ3n) is 2.27. The number of rotatable bonds is 2. The Kier molecular flexibility index (Phi) is 2.51. The van der Waals surface area contributed by atoms with Crippen LogP contribution in [0.15, 0.2) is 11.4 Å². The van der Waals surface area contributed by atoms with Crippen molar-refractivity contribution in [1.29, 1.82) is 0 Å².